The summed E-state index contributed by atoms with van der Waals surface area (Å²) >= 11 is 1.69. The Morgan fingerprint density at radius 1 is 1.50 bits per heavy atom. The number of nitrogens with zero attached hydrogens (tertiary/aromatic N) is 1. The van der Waals surface area contributed by atoms with Crippen LogP contribution < -0.4 is 0 Å². The van der Waals surface area contributed by atoms with Crippen molar-refractivity contribution in [3.05, 3.63) is 33.5 Å². The Kier molecular flexibility index (Phi) is 2.67. The van der Waals surface area contributed by atoms with Crippen LogP contribution in [0.15, 0.2) is 22.9 Å². The van der Waals surface area contributed by atoms with E-state index in [1.165, 1.54) is 10.5 Å². The number of thiazole rings is 1. The third kappa shape index (κ3) is 1.72. The van der Waals surface area contributed by atoms with Crippen molar-refractivity contribution in [3.8, 4) is 0 Å². The van der Waals surface area contributed by atoms with Crippen molar-refractivity contribution in [1.29, 1.82) is 0 Å². The summed E-state index contributed by atoms with van der Waals surface area (Å²) in [5.41, 5.74) is 7.47. The van der Waals surface area contributed by atoms with Crippen LogP contribution in [0.2, 0.25) is 0 Å². The topological polar surface area (TPSA) is 12.9 Å². The quantitative estimate of drug-likeness (QED) is 0.667. The molecule has 0 fully saturated rings. The summed E-state index contributed by atoms with van der Waals surface area (Å²) < 4.78 is 0. The molecule has 0 radical (unpaired) electrons. The van der Waals surface area contributed by atoms with Gasteiger partial charge in [0.05, 0.1) is 16.1 Å². The molecule has 2 rings (SSSR count). The zero-order chi connectivity index (χ0) is 9.97. The third-order valence-corrected chi connectivity index (χ3v) is 3.36. The molecule has 0 aliphatic heterocycles. The molecule has 0 bridgehead atoms. The molecule has 1 unspecified atom stereocenters. The Hall–Kier alpha value is -1.11. The van der Waals surface area contributed by atoms with Gasteiger partial charge in [-0.2, -0.15) is 0 Å². The molecule has 0 spiro atoms. The highest BCUT2D eigenvalue weighted by atomic mass is 32.1. The number of hydrogen-bond acceptors (Lipinski definition) is 2. The molecule has 0 aromatic carbocycles. The van der Waals surface area contributed by atoms with Crippen LogP contribution in [0.5, 0.6) is 0 Å². The number of aromatic nitrogens is 1. The summed E-state index contributed by atoms with van der Waals surface area (Å²) in [7, 11) is 0. The maximum absolute atomic E-state index is 4.27. The zero-order valence-corrected chi connectivity index (χ0v) is 9.27. The summed E-state index contributed by atoms with van der Waals surface area (Å²) in [5, 5.41) is 0. The molecule has 1 aromatic heterocycles. The lowest BCUT2D eigenvalue weighted by molar-refractivity contribution is 0.675. The summed E-state index contributed by atoms with van der Waals surface area (Å²) in [5.74, 6) is 0.601. The van der Waals surface area contributed by atoms with Gasteiger partial charge in [0.15, 0.2) is 0 Å². The molecule has 0 saturated carbocycles. The molecule has 0 N–H and O–H groups in total. The van der Waals surface area contributed by atoms with E-state index < -0.39 is 0 Å². The third-order valence-electron chi connectivity index (χ3n) is 2.57. The first-order valence-electron chi connectivity index (χ1n) is 4.89. The predicted octanol–water partition coefficient (Wildman–Crippen LogP) is 3.75. The second kappa shape index (κ2) is 3.95. The Balaban J connectivity index is 2.43. The van der Waals surface area contributed by atoms with Gasteiger partial charge in [0.1, 0.15) is 0 Å². The fourth-order valence-electron chi connectivity index (χ4n) is 1.41. The van der Waals surface area contributed by atoms with Crippen LogP contribution in [-0.4, -0.2) is 4.98 Å². The molecule has 1 heterocycles. The highest BCUT2D eigenvalue weighted by molar-refractivity contribution is 7.10. The first kappa shape index (κ1) is 9.45. The van der Waals surface area contributed by atoms with Crippen molar-refractivity contribution in [1.82, 2.24) is 4.98 Å². The number of rotatable bonds is 2. The molecular formula is C12H13NS. The van der Waals surface area contributed by atoms with Crippen molar-refractivity contribution >= 4 is 23.5 Å². The predicted molar refractivity (Wildman–Crippen MR) is 62.1 cm³/mol. The minimum atomic E-state index is 0.601. The molecule has 72 valence electrons. The van der Waals surface area contributed by atoms with Gasteiger partial charge in [0, 0.05) is 6.08 Å². The van der Waals surface area contributed by atoms with Gasteiger partial charge >= 0.3 is 0 Å². The van der Waals surface area contributed by atoms with E-state index in [2.05, 4.69) is 36.7 Å². The van der Waals surface area contributed by atoms with E-state index in [-0.39, 0.29) is 0 Å². The van der Waals surface area contributed by atoms with Crippen LogP contribution in [0.1, 0.15) is 30.8 Å². The molecule has 0 saturated heterocycles. The average molecular weight is 203 g/mol. The number of hydrogen-bond donors (Lipinski definition) is 0. The van der Waals surface area contributed by atoms with Crippen LogP contribution in [0.4, 0.5) is 0 Å². The smallest absolute Gasteiger partial charge is 0.0889 e. The van der Waals surface area contributed by atoms with E-state index >= 15 is 0 Å². The van der Waals surface area contributed by atoms with E-state index in [1.54, 1.807) is 11.3 Å². The Labute approximate surface area is 88.5 Å². The van der Waals surface area contributed by atoms with E-state index in [4.69, 9.17) is 0 Å². The minimum absolute atomic E-state index is 0.601. The molecule has 1 aromatic rings. The molecular weight excluding hydrogens is 190 g/mol. The van der Waals surface area contributed by atoms with E-state index in [0.717, 1.165) is 12.1 Å². The average Bonchev–Trinajstić information content (AvgIpc) is 2.54. The van der Waals surface area contributed by atoms with Crippen molar-refractivity contribution < 1.29 is 0 Å². The maximum atomic E-state index is 4.27. The van der Waals surface area contributed by atoms with Gasteiger partial charge < -0.3 is 0 Å². The number of allylic oxidation sites excluding steroid dienone is 2. The Bertz CT molecular complexity index is 419. The van der Waals surface area contributed by atoms with Gasteiger partial charge in [-0.3, -0.25) is 0 Å². The molecule has 1 aliphatic carbocycles. The van der Waals surface area contributed by atoms with Gasteiger partial charge in [0.2, 0.25) is 0 Å². The molecule has 14 heavy (non-hydrogen) atoms. The van der Waals surface area contributed by atoms with Crippen LogP contribution in [0, 0.1) is 5.92 Å². The van der Waals surface area contributed by atoms with Gasteiger partial charge in [0.25, 0.3) is 0 Å². The lowest BCUT2D eigenvalue weighted by Crippen LogP contribution is -1.93. The van der Waals surface area contributed by atoms with E-state index in [0.29, 0.717) is 5.92 Å². The molecule has 0 amide bonds. The minimum Gasteiger partial charge on any atom is -0.244 e. The van der Waals surface area contributed by atoms with Crippen molar-refractivity contribution in [3.63, 3.8) is 0 Å². The molecule has 1 aliphatic rings. The van der Waals surface area contributed by atoms with E-state index in [9.17, 15) is 0 Å². The van der Waals surface area contributed by atoms with Crippen LogP contribution in [-0.2, 0) is 0 Å². The Morgan fingerprint density at radius 3 is 3.14 bits per heavy atom. The molecule has 2 heteroatoms. The largest absolute Gasteiger partial charge is 0.244 e. The van der Waals surface area contributed by atoms with Gasteiger partial charge in [-0.05, 0) is 30.1 Å². The molecule has 1 atom stereocenters. The van der Waals surface area contributed by atoms with Crippen LogP contribution in [0.25, 0.3) is 12.2 Å². The zero-order valence-electron chi connectivity index (χ0n) is 8.45. The highest BCUT2D eigenvalue weighted by Crippen LogP contribution is 2.25. The van der Waals surface area contributed by atoms with Crippen LogP contribution >= 0.6 is 11.3 Å². The lowest BCUT2D eigenvalue weighted by atomic mass is 9.98. The SMILES string of the molecule is CCC(C)C1=Cc2scnc2C=C=C1. The second-order valence-corrected chi connectivity index (χ2v) is 4.40. The van der Waals surface area contributed by atoms with E-state index in [1.807, 2.05) is 11.6 Å². The monoisotopic (exact) mass is 203 g/mol. The first-order chi connectivity index (χ1) is 6.81. The summed E-state index contributed by atoms with van der Waals surface area (Å²) in [6.45, 7) is 4.46. The van der Waals surface area contributed by atoms with Gasteiger partial charge in [-0.25, -0.2) is 4.98 Å². The standard InChI is InChI=1S/C12H13NS/c1-3-9(2)10-5-4-6-11-12(7-10)14-8-13-11/h5-9H,3H2,1-2H3. The molecule has 1 nitrogen and oxygen atoms in total. The summed E-state index contributed by atoms with van der Waals surface area (Å²) in [4.78, 5) is 5.52. The van der Waals surface area contributed by atoms with Crippen molar-refractivity contribution in [2.45, 2.75) is 20.3 Å². The Morgan fingerprint density at radius 2 is 2.36 bits per heavy atom. The number of fused-ring (bicyclic) bond motifs is 1. The van der Waals surface area contributed by atoms with Crippen molar-refractivity contribution in [2.75, 3.05) is 0 Å². The highest BCUT2D eigenvalue weighted by Gasteiger charge is 2.08. The summed E-state index contributed by atoms with van der Waals surface area (Å²) in [6.07, 6.45) is 7.43. The normalized spacial score (nSPS) is 16.0. The van der Waals surface area contributed by atoms with Crippen LogP contribution in [0.3, 0.4) is 0 Å². The lowest BCUT2D eigenvalue weighted by Gasteiger charge is -2.07. The van der Waals surface area contributed by atoms with Gasteiger partial charge in [-0.15, -0.1) is 17.1 Å². The second-order valence-electron chi connectivity index (χ2n) is 3.51. The first-order valence-corrected chi connectivity index (χ1v) is 5.76. The van der Waals surface area contributed by atoms with Crippen molar-refractivity contribution in [2.24, 2.45) is 5.92 Å². The summed E-state index contributed by atoms with van der Waals surface area (Å²) in [6, 6.07) is 0. The van der Waals surface area contributed by atoms with Gasteiger partial charge in [-0.1, -0.05) is 13.8 Å². The fraction of sp³-hybridized carbons (Fsp3) is 0.333. The maximum Gasteiger partial charge on any atom is 0.0889 e. The fourth-order valence-corrected chi connectivity index (χ4v) is 2.13.